The largest absolute Gasteiger partial charge is 0.493 e. The first-order valence-corrected chi connectivity index (χ1v) is 10.9. The molecule has 2 N–H and O–H groups in total. The van der Waals surface area contributed by atoms with E-state index in [0.717, 1.165) is 0 Å². The van der Waals surface area contributed by atoms with E-state index in [1.54, 1.807) is 25.1 Å². The Morgan fingerprint density at radius 2 is 1.79 bits per heavy atom. The Morgan fingerprint density at radius 1 is 1.09 bits per heavy atom. The fourth-order valence-electron chi connectivity index (χ4n) is 4.19. The summed E-state index contributed by atoms with van der Waals surface area (Å²) in [5.74, 6) is 0.177. The van der Waals surface area contributed by atoms with Gasteiger partial charge in [0.1, 0.15) is 0 Å². The molecule has 1 aromatic carbocycles. The van der Waals surface area contributed by atoms with Crippen molar-refractivity contribution in [2.45, 2.75) is 25.8 Å². The highest BCUT2D eigenvalue weighted by atomic mass is 16.5. The molecule has 10 nitrogen and oxygen atoms in total. The van der Waals surface area contributed by atoms with Crippen LogP contribution in [0.3, 0.4) is 0 Å². The van der Waals surface area contributed by atoms with Crippen molar-refractivity contribution in [2.75, 3.05) is 47.6 Å². The zero-order valence-corrected chi connectivity index (χ0v) is 19.4. The van der Waals surface area contributed by atoms with E-state index >= 15 is 0 Å². The fourth-order valence-corrected chi connectivity index (χ4v) is 4.19. The summed E-state index contributed by atoms with van der Waals surface area (Å²) >= 11 is 0. The quantitative estimate of drug-likeness (QED) is 0.563. The molecule has 1 saturated heterocycles. The van der Waals surface area contributed by atoms with E-state index in [-0.39, 0.29) is 11.9 Å². The van der Waals surface area contributed by atoms with Gasteiger partial charge in [-0.25, -0.2) is 9.59 Å². The van der Waals surface area contributed by atoms with Gasteiger partial charge in [-0.15, -0.1) is 0 Å². The summed E-state index contributed by atoms with van der Waals surface area (Å²) in [6.45, 7) is 3.79. The van der Waals surface area contributed by atoms with Gasteiger partial charge in [0.05, 0.1) is 45.5 Å². The number of nitrogens with one attached hydrogen (secondary N) is 2. The van der Waals surface area contributed by atoms with Gasteiger partial charge in [0.2, 0.25) is 0 Å². The number of amides is 2. The highest BCUT2D eigenvalue weighted by molar-refractivity contribution is 5.95. The molecule has 0 radical (unpaired) electrons. The summed E-state index contributed by atoms with van der Waals surface area (Å²) in [5, 5.41) is 5.58. The van der Waals surface area contributed by atoms with Crippen molar-refractivity contribution >= 4 is 18.0 Å². The van der Waals surface area contributed by atoms with Crippen LogP contribution in [-0.2, 0) is 19.1 Å². The van der Waals surface area contributed by atoms with Gasteiger partial charge in [0.15, 0.2) is 11.5 Å². The molecule has 1 fully saturated rings. The van der Waals surface area contributed by atoms with Crippen molar-refractivity contribution in [3.63, 3.8) is 0 Å². The second kappa shape index (κ2) is 11.0. The zero-order valence-electron chi connectivity index (χ0n) is 19.4. The fraction of sp³-hybridized carbons (Fsp3) is 0.522. The minimum atomic E-state index is -0.724. The molecule has 33 heavy (non-hydrogen) atoms. The lowest BCUT2D eigenvalue weighted by molar-refractivity contribution is -0.149. The van der Waals surface area contributed by atoms with Crippen molar-refractivity contribution in [1.82, 2.24) is 15.5 Å². The second-order valence-electron chi connectivity index (χ2n) is 7.83. The van der Waals surface area contributed by atoms with Gasteiger partial charge in [-0.05, 0) is 50.6 Å². The lowest BCUT2D eigenvalue weighted by Crippen LogP contribution is -2.49. The summed E-state index contributed by atoms with van der Waals surface area (Å²) < 4.78 is 20.8. The molecule has 3 rings (SSSR count). The normalized spacial score (nSPS) is 19.4. The van der Waals surface area contributed by atoms with Crippen molar-refractivity contribution in [1.29, 1.82) is 0 Å². The van der Waals surface area contributed by atoms with Crippen molar-refractivity contribution in [3.8, 4) is 11.5 Å². The number of methoxy groups -OCH3 is 3. The van der Waals surface area contributed by atoms with E-state index in [1.165, 1.54) is 21.3 Å². The van der Waals surface area contributed by atoms with Gasteiger partial charge >= 0.3 is 18.0 Å². The lowest BCUT2D eigenvalue weighted by Gasteiger charge is -2.35. The molecular weight excluding hydrogens is 430 g/mol. The molecule has 0 aliphatic carbocycles. The molecule has 2 amide bonds. The van der Waals surface area contributed by atoms with E-state index < -0.39 is 18.0 Å². The first kappa shape index (κ1) is 24.4. The Morgan fingerprint density at radius 3 is 2.39 bits per heavy atom. The number of hydrogen-bond donors (Lipinski definition) is 2. The second-order valence-corrected chi connectivity index (χ2v) is 7.83. The predicted octanol–water partition coefficient (Wildman–Crippen LogP) is 1.76. The van der Waals surface area contributed by atoms with Gasteiger partial charge in [-0.3, -0.25) is 9.69 Å². The molecule has 10 heteroatoms. The maximum Gasteiger partial charge on any atom is 0.338 e. The Bertz CT molecular complexity index is 923. The van der Waals surface area contributed by atoms with Gasteiger partial charge in [-0.2, -0.15) is 0 Å². The first-order valence-electron chi connectivity index (χ1n) is 10.9. The third kappa shape index (κ3) is 5.57. The average Bonchev–Trinajstić information content (AvgIpc) is 2.83. The SMILES string of the molecule is CCOC(=O)C1CCN(CC2=C(C(=O)OC)C(c3ccc(OC)c(OC)c3)NC(=O)N2)CC1. The Kier molecular flexibility index (Phi) is 8.16. The molecule has 0 saturated carbocycles. The van der Waals surface area contributed by atoms with Crippen molar-refractivity contribution in [3.05, 3.63) is 35.0 Å². The molecule has 1 aromatic rings. The van der Waals surface area contributed by atoms with Gasteiger partial charge in [0, 0.05) is 12.2 Å². The number of likely N-dealkylation sites (tertiary alicyclic amines) is 1. The van der Waals surface area contributed by atoms with Crippen molar-refractivity contribution < 1.29 is 33.3 Å². The minimum absolute atomic E-state index is 0.127. The topological polar surface area (TPSA) is 115 Å². The molecule has 1 unspecified atom stereocenters. The Labute approximate surface area is 193 Å². The highest BCUT2D eigenvalue weighted by Crippen LogP contribution is 2.34. The van der Waals surface area contributed by atoms with Crippen LogP contribution >= 0.6 is 0 Å². The predicted molar refractivity (Wildman–Crippen MR) is 119 cm³/mol. The number of urea groups is 1. The third-order valence-corrected chi connectivity index (χ3v) is 5.89. The summed E-state index contributed by atoms with van der Waals surface area (Å²) in [7, 11) is 4.36. The number of carbonyl (C=O) groups is 3. The van der Waals surface area contributed by atoms with Crippen LogP contribution in [-0.4, -0.2) is 70.4 Å². The van der Waals surface area contributed by atoms with Gasteiger partial charge < -0.3 is 29.6 Å². The number of esters is 2. The Balaban J connectivity index is 1.87. The van der Waals surface area contributed by atoms with Crippen LogP contribution in [0.2, 0.25) is 0 Å². The van der Waals surface area contributed by atoms with E-state index in [4.69, 9.17) is 18.9 Å². The molecular formula is C23H31N3O7. The lowest BCUT2D eigenvalue weighted by atomic mass is 9.93. The Hall–Kier alpha value is -3.27. The average molecular weight is 462 g/mol. The minimum Gasteiger partial charge on any atom is -0.493 e. The highest BCUT2D eigenvalue weighted by Gasteiger charge is 2.35. The first-order chi connectivity index (χ1) is 15.9. The van der Waals surface area contributed by atoms with Crippen LogP contribution < -0.4 is 20.1 Å². The number of benzene rings is 1. The number of carbonyl (C=O) groups excluding carboxylic acids is 3. The molecule has 0 aromatic heterocycles. The molecule has 0 bridgehead atoms. The summed E-state index contributed by atoms with van der Waals surface area (Å²) in [4.78, 5) is 39.4. The summed E-state index contributed by atoms with van der Waals surface area (Å²) in [6, 6.07) is 4.07. The number of rotatable bonds is 8. The van der Waals surface area contributed by atoms with Crippen LogP contribution in [0.4, 0.5) is 4.79 Å². The maximum atomic E-state index is 12.8. The van der Waals surface area contributed by atoms with E-state index in [1.807, 2.05) is 0 Å². The van der Waals surface area contributed by atoms with E-state index in [9.17, 15) is 14.4 Å². The molecule has 180 valence electrons. The molecule has 2 aliphatic rings. The number of nitrogens with zero attached hydrogens (tertiary/aromatic N) is 1. The standard InChI is InChI=1S/C23H31N3O7/c1-5-33-21(27)14-8-10-26(11-9-14)13-16-19(22(28)32-4)20(25-23(29)24-16)15-6-7-17(30-2)18(12-15)31-3/h6-7,12,14,20H,5,8-11,13H2,1-4H3,(H2,24,25,29). The van der Waals surface area contributed by atoms with Crippen LogP contribution in [0.15, 0.2) is 29.5 Å². The van der Waals surface area contributed by atoms with Crippen LogP contribution in [0.1, 0.15) is 31.4 Å². The van der Waals surface area contributed by atoms with Crippen LogP contribution in [0.25, 0.3) is 0 Å². The van der Waals surface area contributed by atoms with Gasteiger partial charge in [-0.1, -0.05) is 6.07 Å². The third-order valence-electron chi connectivity index (χ3n) is 5.89. The van der Waals surface area contributed by atoms with Crippen molar-refractivity contribution in [2.24, 2.45) is 5.92 Å². The molecule has 2 aliphatic heterocycles. The summed E-state index contributed by atoms with van der Waals surface area (Å²) in [6.07, 6.45) is 1.32. The van der Waals surface area contributed by atoms with Gasteiger partial charge in [0.25, 0.3) is 0 Å². The number of ether oxygens (including phenoxy) is 4. The maximum absolute atomic E-state index is 12.8. The molecule has 1 atom stereocenters. The number of hydrogen-bond acceptors (Lipinski definition) is 8. The zero-order chi connectivity index (χ0) is 24.0. The van der Waals surface area contributed by atoms with E-state index in [0.29, 0.717) is 67.4 Å². The monoisotopic (exact) mass is 461 g/mol. The molecule has 0 spiro atoms. The van der Waals surface area contributed by atoms with Crippen LogP contribution in [0, 0.1) is 5.92 Å². The van der Waals surface area contributed by atoms with Crippen LogP contribution in [0.5, 0.6) is 11.5 Å². The molecule has 2 heterocycles. The number of piperidine rings is 1. The summed E-state index contributed by atoms with van der Waals surface area (Å²) in [5.41, 5.74) is 1.44. The van der Waals surface area contributed by atoms with E-state index in [2.05, 4.69) is 15.5 Å². The smallest absolute Gasteiger partial charge is 0.338 e.